The molecule has 0 atom stereocenters. The van der Waals surface area contributed by atoms with E-state index in [2.05, 4.69) is 10.6 Å². The lowest BCUT2D eigenvalue weighted by Crippen LogP contribution is -2.49. The van der Waals surface area contributed by atoms with Crippen molar-refractivity contribution in [2.45, 2.75) is 25.7 Å². The summed E-state index contributed by atoms with van der Waals surface area (Å²) >= 11 is 0. The van der Waals surface area contributed by atoms with Gasteiger partial charge in [0.15, 0.2) is 0 Å². The monoisotopic (exact) mass is 292 g/mol. The van der Waals surface area contributed by atoms with Crippen LogP contribution in [0.5, 0.6) is 0 Å². The summed E-state index contributed by atoms with van der Waals surface area (Å²) in [7, 11) is -3.01. The Morgan fingerprint density at radius 1 is 1.26 bits per heavy atom. The Morgan fingerprint density at radius 3 is 2.32 bits per heavy atom. The molecule has 8 heteroatoms. The lowest BCUT2D eigenvalue weighted by Gasteiger charge is -2.37. The van der Waals surface area contributed by atoms with E-state index in [1.165, 1.54) is 0 Å². The highest BCUT2D eigenvalue weighted by Crippen LogP contribution is 2.40. The van der Waals surface area contributed by atoms with Crippen LogP contribution in [0.2, 0.25) is 0 Å². The highest BCUT2D eigenvalue weighted by atomic mass is 32.2. The zero-order valence-corrected chi connectivity index (χ0v) is 11.8. The number of hydrogen-bond donors (Lipinski definition) is 3. The van der Waals surface area contributed by atoms with Gasteiger partial charge in [0.1, 0.15) is 9.84 Å². The van der Waals surface area contributed by atoms with Gasteiger partial charge < -0.3 is 15.7 Å². The number of aliphatic carboxylic acids is 1. The predicted molar refractivity (Wildman–Crippen MR) is 69.6 cm³/mol. The van der Waals surface area contributed by atoms with Crippen LogP contribution in [-0.4, -0.2) is 50.6 Å². The number of carbonyl (C=O) groups is 2. The van der Waals surface area contributed by atoms with Gasteiger partial charge >= 0.3 is 12.0 Å². The van der Waals surface area contributed by atoms with Crippen molar-refractivity contribution in [3.8, 4) is 0 Å². The molecule has 1 saturated carbocycles. The summed E-state index contributed by atoms with van der Waals surface area (Å²) in [6.45, 7) is 0.360. The topological polar surface area (TPSA) is 113 Å². The first-order valence-electron chi connectivity index (χ1n) is 6.18. The van der Waals surface area contributed by atoms with Crippen LogP contribution in [0, 0.1) is 5.41 Å². The fraction of sp³-hybridized carbons (Fsp3) is 0.818. The first-order chi connectivity index (χ1) is 8.75. The van der Waals surface area contributed by atoms with Gasteiger partial charge in [0.25, 0.3) is 0 Å². The molecule has 0 bridgehead atoms. The van der Waals surface area contributed by atoms with Crippen molar-refractivity contribution in [2.75, 3.05) is 25.1 Å². The van der Waals surface area contributed by atoms with E-state index in [4.69, 9.17) is 5.11 Å². The molecule has 1 aliphatic rings. The number of rotatable bonds is 7. The molecule has 0 spiro atoms. The Labute approximate surface area is 112 Å². The van der Waals surface area contributed by atoms with Crippen molar-refractivity contribution >= 4 is 21.8 Å². The number of amides is 2. The third-order valence-corrected chi connectivity index (χ3v) is 4.36. The van der Waals surface area contributed by atoms with Crippen LogP contribution >= 0.6 is 0 Å². The molecule has 0 saturated heterocycles. The summed E-state index contributed by atoms with van der Waals surface area (Å²) in [5.41, 5.74) is -0.815. The first-order valence-corrected chi connectivity index (χ1v) is 8.24. The third kappa shape index (κ3) is 5.06. The minimum absolute atomic E-state index is 0.0202. The van der Waals surface area contributed by atoms with Gasteiger partial charge in [0, 0.05) is 19.3 Å². The second-order valence-corrected chi connectivity index (χ2v) is 7.29. The van der Waals surface area contributed by atoms with Crippen molar-refractivity contribution in [3.63, 3.8) is 0 Å². The summed E-state index contributed by atoms with van der Waals surface area (Å²) in [5.74, 6) is -0.858. The zero-order valence-electron chi connectivity index (χ0n) is 10.9. The highest BCUT2D eigenvalue weighted by molar-refractivity contribution is 7.90. The van der Waals surface area contributed by atoms with E-state index in [-0.39, 0.29) is 18.8 Å². The van der Waals surface area contributed by atoms with Crippen LogP contribution in [0.25, 0.3) is 0 Å². The zero-order chi connectivity index (χ0) is 14.5. The molecular weight excluding hydrogens is 272 g/mol. The largest absolute Gasteiger partial charge is 0.481 e. The molecule has 0 heterocycles. The number of urea groups is 1. The Hall–Kier alpha value is -1.31. The number of sulfone groups is 1. The molecule has 0 radical (unpaired) electrons. The van der Waals surface area contributed by atoms with E-state index >= 15 is 0 Å². The third-order valence-electron chi connectivity index (χ3n) is 3.33. The van der Waals surface area contributed by atoms with E-state index in [1.54, 1.807) is 0 Å². The van der Waals surface area contributed by atoms with Gasteiger partial charge in [-0.05, 0) is 19.3 Å². The minimum atomic E-state index is -3.01. The molecule has 2 amide bonds. The van der Waals surface area contributed by atoms with E-state index < -0.39 is 27.3 Å². The van der Waals surface area contributed by atoms with Gasteiger partial charge in [-0.2, -0.15) is 0 Å². The summed E-state index contributed by atoms with van der Waals surface area (Å²) in [5, 5.41) is 14.1. The average molecular weight is 292 g/mol. The molecule has 0 aliphatic heterocycles. The molecule has 0 aromatic heterocycles. The molecule has 0 aromatic rings. The van der Waals surface area contributed by atoms with Crippen LogP contribution in [-0.2, 0) is 14.6 Å². The Kier molecular flexibility index (Phi) is 5.16. The molecule has 0 unspecified atom stereocenters. The van der Waals surface area contributed by atoms with Gasteiger partial charge in [-0.3, -0.25) is 4.79 Å². The van der Waals surface area contributed by atoms with Crippen LogP contribution in [0.15, 0.2) is 0 Å². The minimum Gasteiger partial charge on any atom is -0.481 e. The van der Waals surface area contributed by atoms with Crippen LogP contribution in [0.3, 0.4) is 0 Å². The molecule has 0 aromatic carbocycles. The normalized spacial score (nSPS) is 17.3. The van der Waals surface area contributed by atoms with Crippen molar-refractivity contribution in [1.29, 1.82) is 0 Å². The van der Waals surface area contributed by atoms with Crippen molar-refractivity contribution in [3.05, 3.63) is 0 Å². The van der Waals surface area contributed by atoms with E-state index in [0.29, 0.717) is 19.3 Å². The highest BCUT2D eigenvalue weighted by Gasteiger charge is 2.44. The quantitative estimate of drug-likeness (QED) is 0.571. The van der Waals surface area contributed by atoms with Crippen molar-refractivity contribution in [2.24, 2.45) is 5.41 Å². The summed E-state index contributed by atoms with van der Waals surface area (Å²) in [6.07, 6.45) is 3.51. The summed E-state index contributed by atoms with van der Waals surface area (Å²) in [6, 6.07) is -0.457. The Bertz CT molecular complexity index is 442. The molecule has 1 aliphatic carbocycles. The molecule has 19 heavy (non-hydrogen) atoms. The Morgan fingerprint density at radius 2 is 1.89 bits per heavy atom. The molecule has 1 rings (SSSR count). The van der Waals surface area contributed by atoms with Gasteiger partial charge in [-0.25, -0.2) is 13.2 Å². The number of carboxylic acids is 1. The smallest absolute Gasteiger partial charge is 0.314 e. The van der Waals surface area contributed by atoms with Gasteiger partial charge in [-0.15, -0.1) is 0 Å². The van der Waals surface area contributed by atoms with Crippen molar-refractivity contribution in [1.82, 2.24) is 10.6 Å². The number of nitrogens with one attached hydrogen (secondary N) is 2. The number of carboxylic acid groups (broad SMARTS) is 1. The van der Waals surface area contributed by atoms with Crippen LogP contribution in [0.4, 0.5) is 4.79 Å². The Balaban J connectivity index is 2.20. The maximum absolute atomic E-state index is 11.4. The molecule has 3 N–H and O–H groups in total. The molecule has 1 fully saturated rings. The summed E-state index contributed by atoms with van der Waals surface area (Å²) in [4.78, 5) is 22.5. The van der Waals surface area contributed by atoms with E-state index in [1.807, 2.05) is 0 Å². The maximum atomic E-state index is 11.4. The second kappa shape index (κ2) is 6.23. The first kappa shape index (κ1) is 15.7. The van der Waals surface area contributed by atoms with Crippen LogP contribution < -0.4 is 10.6 Å². The second-order valence-electron chi connectivity index (χ2n) is 5.03. The van der Waals surface area contributed by atoms with Gasteiger partial charge in [0.05, 0.1) is 11.2 Å². The van der Waals surface area contributed by atoms with Crippen LogP contribution in [0.1, 0.15) is 25.7 Å². The lowest BCUT2D eigenvalue weighted by atomic mass is 9.69. The molecular formula is C11H20N2O5S. The summed E-state index contributed by atoms with van der Waals surface area (Å²) < 4.78 is 21.7. The molecule has 7 nitrogen and oxygen atoms in total. The number of hydrogen-bond acceptors (Lipinski definition) is 4. The van der Waals surface area contributed by atoms with Gasteiger partial charge in [0.2, 0.25) is 0 Å². The maximum Gasteiger partial charge on any atom is 0.314 e. The van der Waals surface area contributed by atoms with Gasteiger partial charge in [-0.1, -0.05) is 6.42 Å². The fourth-order valence-electron chi connectivity index (χ4n) is 1.92. The molecule has 110 valence electrons. The average Bonchev–Trinajstić information content (AvgIpc) is 2.21. The standard InChI is InChI=1S/C11H20N2O5S/c1-19(17,18)7-3-6-12-10(16)13-8-11(9(14)15)4-2-5-11/h2-8H2,1H3,(H,14,15)(H2,12,13,16). The number of carbonyl (C=O) groups excluding carboxylic acids is 1. The lowest BCUT2D eigenvalue weighted by molar-refractivity contribution is -0.153. The van der Waals surface area contributed by atoms with E-state index in [0.717, 1.165) is 12.7 Å². The fourth-order valence-corrected chi connectivity index (χ4v) is 2.59. The van der Waals surface area contributed by atoms with E-state index in [9.17, 15) is 18.0 Å². The SMILES string of the molecule is CS(=O)(=O)CCCNC(=O)NCC1(C(=O)O)CCC1. The predicted octanol–water partition coefficient (Wildman–Crippen LogP) is -0.0248. The van der Waals surface area contributed by atoms with Crippen molar-refractivity contribution < 1.29 is 23.1 Å².